The van der Waals surface area contributed by atoms with Gasteiger partial charge in [0.25, 0.3) is 0 Å². The van der Waals surface area contributed by atoms with Gasteiger partial charge in [0.1, 0.15) is 5.69 Å². The molecule has 1 N–H and O–H groups in total. The number of hydrogen-bond acceptors (Lipinski definition) is 4. The van der Waals surface area contributed by atoms with Crippen LogP contribution in [0.25, 0.3) is 11.3 Å². The van der Waals surface area contributed by atoms with Crippen molar-refractivity contribution >= 4 is 5.97 Å². The second kappa shape index (κ2) is 5.31. The van der Waals surface area contributed by atoms with Crippen LogP contribution in [0.3, 0.4) is 0 Å². The maximum absolute atomic E-state index is 11.4. The van der Waals surface area contributed by atoms with Crippen LogP contribution in [0.1, 0.15) is 49.1 Å². The van der Waals surface area contributed by atoms with Crippen molar-refractivity contribution in [2.45, 2.75) is 38.6 Å². The molecule has 7 nitrogen and oxygen atoms in total. The van der Waals surface area contributed by atoms with Crippen molar-refractivity contribution in [3.8, 4) is 11.3 Å². The smallest absolute Gasteiger partial charge is 0.358 e. The summed E-state index contributed by atoms with van der Waals surface area (Å²) in [4.78, 5) is 11.4. The van der Waals surface area contributed by atoms with Gasteiger partial charge in [-0.25, -0.2) is 9.48 Å². The van der Waals surface area contributed by atoms with Crippen LogP contribution in [0.15, 0.2) is 12.4 Å². The highest BCUT2D eigenvalue weighted by molar-refractivity contribution is 5.92. The Hall–Kier alpha value is -2.18. The van der Waals surface area contributed by atoms with Crippen LogP contribution in [0.4, 0.5) is 0 Å². The SMILES string of the molecule is CC1CCCC(n2nnc(C(=O)O)c2-c2cnn(C)c2)C1. The highest BCUT2D eigenvalue weighted by Gasteiger charge is 2.28. The normalized spacial score (nSPS) is 22.4. The summed E-state index contributed by atoms with van der Waals surface area (Å²) in [6, 6.07) is 0.213. The molecule has 0 radical (unpaired) electrons. The molecule has 2 heterocycles. The van der Waals surface area contributed by atoms with E-state index < -0.39 is 5.97 Å². The average Bonchev–Trinajstić information content (AvgIpc) is 3.04. The van der Waals surface area contributed by atoms with Gasteiger partial charge in [-0.3, -0.25) is 4.68 Å². The van der Waals surface area contributed by atoms with E-state index in [1.807, 2.05) is 0 Å². The molecule has 112 valence electrons. The first-order valence-electron chi connectivity index (χ1n) is 7.23. The first-order chi connectivity index (χ1) is 10.1. The number of aryl methyl sites for hydroxylation is 1. The molecule has 0 aliphatic heterocycles. The molecule has 3 rings (SSSR count). The second-order valence-electron chi connectivity index (χ2n) is 5.86. The molecule has 0 saturated heterocycles. The fraction of sp³-hybridized carbons (Fsp3) is 0.571. The monoisotopic (exact) mass is 289 g/mol. The molecule has 0 amide bonds. The van der Waals surface area contributed by atoms with Gasteiger partial charge < -0.3 is 5.11 Å². The maximum atomic E-state index is 11.4. The molecule has 1 fully saturated rings. The quantitative estimate of drug-likeness (QED) is 0.935. The zero-order chi connectivity index (χ0) is 15.0. The number of aromatic carboxylic acids is 1. The van der Waals surface area contributed by atoms with Crippen molar-refractivity contribution in [3.63, 3.8) is 0 Å². The lowest BCUT2D eigenvalue weighted by molar-refractivity contribution is 0.0691. The predicted molar refractivity (Wildman–Crippen MR) is 75.9 cm³/mol. The summed E-state index contributed by atoms with van der Waals surface area (Å²) in [5, 5.41) is 21.5. The molecule has 0 spiro atoms. The number of carboxylic acid groups (broad SMARTS) is 1. The van der Waals surface area contributed by atoms with E-state index in [1.165, 1.54) is 6.42 Å². The molecule has 1 saturated carbocycles. The Morgan fingerprint density at radius 3 is 2.86 bits per heavy atom. The number of aromatic nitrogens is 5. The number of carboxylic acids is 1. The zero-order valence-corrected chi connectivity index (χ0v) is 12.2. The number of carbonyl (C=O) groups is 1. The third kappa shape index (κ3) is 2.55. The van der Waals surface area contributed by atoms with E-state index in [4.69, 9.17) is 0 Å². The van der Waals surface area contributed by atoms with Crippen LogP contribution >= 0.6 is 0 Å². The summed E-state index contributed by atoms with van der Waals surface area (Å²) < 4.78 is 3.44. The van der Waals surface area contributed by atoms with Crippen LogP contribution in [0, 0.1) is 5.92 Å². The molecule has 21 heavy (non-hydrogen) atoms. The molecule has 2 aromatic heterocycles. The van der Waals surface area contributed by atoms with Crippen molar-refractivity contribution in [3.05, 3.63) is 18.1 Å². The first-order valence-corrected chi connectivity index (χ1v) is 7.23. The van der Waals surface area contributed by atoms with E-state index in [0.29, 0.717) is 11.6 Å². The van der Waals surface area contributed by atoms with Gasteiger partial charge in [0.2, 0.25) is 0 Å². The summed E-state index contributed by atoms with van der Waals surface area (Å²) >= 11 is 0. The van der Waals surface area contributed by atoms with Gasteiger partial charge in [0, 0.05) is 18.8 Å². The van der Waals surface area contributed by atoms with E-state index in [2.05, 4.69) is 22.3 Å². The fourth-order valence-corrected chi connectivity index (χ4v) is 3.13. The molecular formula is C14H19N5O2. The van der Waals surface area contributed by atoms with Gasteiger partial charge >= 0.3 is 5.97 Å². The Morgan fingerprint density at radius 1 is 1.43 bits per heavy atom. The van der Waals surface area contributed by atoms with Gasteiger partial charge in [0.05, 0.1) is 12.2 Å². The van der Waals surface area contributed by atoms with Crippen molar-refractivity contribution in [2.75, 3.05) is 0 Å². The van der Waals surface area contributed by atoms with Crippen LogP contribution in [-0.2, 0) is 7.05 Å². The minimum absolute atomic E-state index is 0.00114. The summed E-state index contributed by atoms with van der Waals surface area (Å²) in [5.74, 6) is -0.424. The van der Waals surface area contributed by atoms with Crippen molar-refractivity contribution in [1.29, 1.82) is 0 Å². The number of nitrogens with zero attached hydrogens (tertiary/aromatic N) is 5. The largest absolute Gasteiger partial charge is 0.476 e. The van der Waals surface area contributed by atoms with Crippen molar-refractivity contribution < 1.29 is 9.90 Å². The highest BCUT2D eigenvalue weighted by atomic mass is 16.4. The summed E-state index contributed by atoms with van der Waals surface area (Å²) in [6.45, 7) is 2.23. The minimum atomic E-state index is -1.05. The van der Waals surface area contributed by atoms with Gasteiger partial charge in [-0.2, -0.15) is 5.10 Å². The summed E-state index contributed by atoms with van der Waals surface area (Å²) in [7, 11) is 1.81. The highest BCUT2D eigenvalue weighted by Crippen LogP contribution is 2.35. The molecule has 1 aliphatic carbocycles. The Balaban J connectivity index is 2.06. The molecule has 0 bridgehead atoms. The Bertz CT molecular complexity index is 660. The van der Waals surface area contributed by atoms with Crippen LogP contribution < -0.4 is 0 Å². The standard InChI is InChI=1S/C14H19N5O2/c1-9-4-3-5-11(6-9)19-13(10-7-15-18(2)8-10)12(14(20)21)16-17-19/h7-9,11H,3-6H2,1-2H3,(H,20,21). The maximum Gasteiger partial charge on any atom is 0.358 e. The predicted octanol–water partition coefficient (Wildman–Crippen LogP) is 2.13. The van der Waals surface area contributed by atoms with E-state index >= 15 is 0 Å². The summed E-state index contributed by atoms with van der Waals surface area (Å²) in [5.41, 5.74) is 1.31. The van der Waals surface area contributed by atoms with Gasteiger partial charge in [-0.05, 0) is 18.8 Å². The van der Waals surface area contributed by atoms with Gasteiger partial charge in [-0.1, -0.05) is 25.0 Å². The molecular weight excluding hydrogens is 270 g/mol. The Labute approximate surface area is 122 Å². The zero-order valence-electron chi connectivity index (χ0n) is 12.2. The van der Waals surface area contributed by atoms with Crippen molar-refractivity contribution in [2.24, 2.45) is 13.0 Å². The molecule has 2 aromatic rings. The Morgan fingerprint density at radius 2 is 2.24 bits per heavy atom. The number of rotatable bonds is 3. The van der Waals surface area contributed by atoms with E-state index in [1.54, 1.807) is 28.8 Å². The first kappa shape index (κ1) is 13.8. The van der Waals surface area contributed by atoms with Crippen LogP contribution in [0.2, 0.25) is 0 Å². The molecule has 7 heteroatoms. The van der Waals surface area contributed by atoms with Crippen molar-refractivity contribution in [1.82, 2.24) is 24.8 Å². The molecule has 2 unspecified atom stereocenters. The lowest BCUT2D eigenvalue weighted by Gasteiger charge is -2.27. The topological polar surface area (TPSA) is 85.8 Å². The average molecular weight is 289 g/mol. The van der Waals surface area contributed by atoms with Gasteiger partial charge in [0.15, 0.2) is 5.69 Å². The van der Waals surface area contributed by atoms with Gasteiger partial charge in [-0.15, -0.1) is 5.10 Å². The lowest BCUT2D eigenvalue weighted by Crippen LogP contribution is -2.19. The second-order valence-corrected chi connectivity index (χ2v) is 5.86. The molecule has 1 aliphatic rings. The Kier molecular flexibility index (Phi) is 3.48. The fourth-order valence-electron chi connectivity index (χ4n) is 3.13. The third-order valence-corrected chi connectivity index (χ3v) is 4.13. The number of hydrogen-bond donors (Lipinski definition) is 1. The van der Waals surface area contributed by atoms with E-state index in [0.717, 1.165) is 24.8 Å². The van der Waals surface area contributed by atoms with Crippen LogP contribution in [0.5, 0.6) is 0 Å². The van der Waals surface area contributed by atoms with E-state index in [9.17, 15) is 9.90 Å². The lowest BCUT2D eigenvalue weighted by atomic mass is 9.87. The molecule has 0 aromatic carbocycles. The minimum Gasteiger partial charge on any atom is -0.476 e. The summed E-state index contributed by atoms with van der Waals surface area (Å²) in [6.07, 6.45) is 7.84. The molecule has 2 atom stereocenters. The van der Waals surface area contributed by atoms with Crippen LogP contribution in [-0.4, -0.2) is 35.9 Å². The van der Waals surface area contributed by atoms with E-state index in [-0.39, 0.29) is 11.7 Å². The third-order valence-electron chi connectivity index (χ3n) is 4.13.